The zero-order valence-corrected chi connectivity index (χ0v) is 9.70. The van der Waals surface area contributed by atoms with Crippen molar-refractivity contribution in [2.45, 2.75) is 32.2 Å². The number of aromatic nitrogens is 2. The Morgan fingerprint density at radius 2 is 2.00 bits per heavy atom. The molecule has 0 bridgehead atoms. The second kappa shape index (κ2) is 5.42. The summed E-state index contributed by atoms with van der Waals surface area (Å²) in [7, 11) is 0. The topological polar surface area (TPSA) is 87.6 Å². The number of nitrogens with zero attached hydrogens (tertiary/aromatic N) is 3. The minimum Gasteiger partial charge on any atom is -0.366 e. The molecule has 0 saturated heterocycles. The quantitative estimate of drug-likeness (QED) is 0.778. The number of rotatable bonds is 5. The summed E-state index contributed by atoms with van der Waals surface area (Å²) in [6.45, 7) is 4.69. The van der Waals surface area contributed by atoms with Crippen molar-refractivity contribution in [3.8, 4) is 6.07 Å². The van der Waals surface area contributed by atoms with E-state index in [4.69, 9.17) is 11.0 Å². The lowest BCUT2D eigenvalue weighted by Gasteiger charge is -2.27. The lowest BCUT2D eigenvalue weighted by Crippen LogP contribution is -2.45. The van der Waals surface area contributed by atoms with Crippen LogP contribution in [-0.2, 0) is 0 Å². The Kier molecular flexibility index (Phi) is 4.20. The van der Waals surface area contributed by atoms with Gasteiger partial charge in [0.05, 0.1) is 0 Å². The average Bonchev–Trinajstić information content (AvgIpc) is 2.36. The minimum absolute atomic E-state index is 0.260. The van der Waals surface area contributed by atoms with Gasteiger partial charge in [0.1, 0.15) is 6.07 Å². The van der Waals surface area contributed by atoms with Crippen LogP contribution in [0.1, 0.15) is 32.4 Å². The molecule has 86 valence electrons. The molecule has 1 aromatic heterocycles. The van der Waals surface area contributed by atoms with Crippen molar-refractivity contribution in [3.63, 3.8) is 0 Å². The highest BCUT2D eigenvalue weighted by Gasteiger charge is 2.20. The highest BCUT2D eigenvalue weighted by Crippen LogP contribution is 2.13. The van der Waals surface area contributed by atoms with Crippen LogP contribution < -0.4 is 11.1 Å². The molecular weight excluding hydrogens is 202 g/mol. The summed E-state index contributed by atoms with van der Waals surface area (Å²) in [4.78, 5) is 7.99. The maximum atomic E-state index is 8.84. The van der Waals surface area contributed by atoms with E-state index in [9.17, 15) is 0 Å². The van der Waals surface area contributed by atoms with Crippen molar-refractivity contribution in [2.75, 3.05) is 11.9 Å². The van der Waals surface area contributed by atoms with E-state index in [-0.39, 0.29) is 5.54 Å². The lowest BCUT2D eigenvalue weighted by atomic mass is 9.94. The largest absolute Gasteiger partial charge is 0.366 e. The Hall–Kier alpha value is -1.67. The van der Waals surface area contributed by atoms with E-state index in [2.05, 4.69) is 15.3 Å². The summed E-state index contributed by atoms with van der Waals surface area (Å²) in [6.07, 6.45) is 4.80. The molecule has 0 fully saturated rings. The number of hydrogen-bond acceptors (Lipinski definition) is 5. The van der Waals surface area contributed by atoms with Crippen molar-refractivity contribution in [2.24, 2.45) is 5.73 Å². The Bertz CT molecular complexity index is 378. The van der Waals surface area contributed by atoms with Crippen LogP contribution in [-0.4, -0.2) is 22.1 Å². The van der Waals surface area contributed by atoms with Gasteiger partial charge in [-0.3, -0.25) is 0 Å². The fourth-order valence-electron chi connectivity index (χ4n) is 1.31. The van der Waals surface area contributed by atoms with Gasteiger partial charge in [-0.15, -0.1) is 0 Å². The van der Waals surface area contributed by atoms with Crippen molar-refractivity contribution in [3.05, 3.63) is 18.1 Å². The van der Waals surface area contributed by atoms with Gasteiger partial charge in [-0.25, -0.2) is 9.97 Å². The summed E-state index contributed by atoms with van der Waals surface area (Å²) in [6, 6.07) is 1.99. The molecule has 1 aromatic rings. The number of nitrogens with two attached hydrogens (primary N) is 1. The Balaban J connectivity index is 2.72. The van der Waals surface area contributed by atoms with Gasteiger partial charge < -0.3 is 11.1 Å². The second-order valence-corrected chi connectivity index (χ2v) is 3.79. The van der Waals surface area contributed by atoms with Crippen LogP contribution in [0.2, 0.25) is 0 Å². The number of hydrogen-bond donors (Lipinski definition) is 2. The van der Waals surface area contributed by atoms with E-state index >= 15 is 0 Å². The molecule has 0 aliphatic rings. The van der Waals surface area contributed by atoms with Gasteiger partial charge in [0.25, 0.3) is 0 Å². The van der Waals surface area contributed by atoms with Gasteiger partial charge in [-0.2, -0.15) is 5.26 Å². The smallest absolute Gasteiger partial charge is 0.182 e. The van der Waals surface area contributed by atoms with Gasteiger partial charge in [0.2, 0.25) is 0 Å². The minimum atomic E-state index is -0.260. The van der Waals surface area contributed by atoms with E-state index in [1.807, 2.05) is 19.9 Å². The molecule has 3 N–H and O–H groups in total. The summed E-state index contributed by atoms with van der Waals surface area (Å²) in [5.74, 6) is 0.502. The van der Waals surface area contributed by atoms with E-state index in [0.29, 0.717) is 18.1 Å². The van der Waals surface area contributed by atoms with Crippen molar-refractivity contribution < 1.29 is 0 Å². The van der Waals surface area contributed by atoms with Crippen LogP contribution in [0, 0.1) is 11.3 Å². The predicted molar refractivity (Wildman–Crippen MR) is 62.7 cm³/mol. The Labute approximate surface area is 95.7 Å². The molecular formula is C11H17N5. The first-order chi connectivity index (χ1) is 7.65. The molecule has 5 nitrogen and oxygen atoms in total. The molecule has 0 saturated carbocycles. The first kappa shape index (κ1) is 12.4. The molecule has 0 aliphatic carbocycles. The summed E-state index contributed by atoms with van der Waals surface area (Å²) in [5, 5.41) is 11.9. The van der Waals surface area contributed by atoms with Gasteiger partial charge in [-0.05, 0) is 12.8 Å². The molecule has 0 aliphatic heterocycles. The highest BCUT2D eigenvalue weighted by atomic mass is 15.0. The van der Waals surface area contributed by atoms with E-state index < -0.39 is 0 Å². The van der Waals surface area contributed by atoms with Crippen molar-refractivity contribution in [1.29, 1.82) is 5.26 Å². The van der Waals surface area contributed by atoms with Gasteiger partial charge in [0, 0.05) is 24.5 Å². The second-order valence-electron chi connectivity index (χ2n) is 3.79. The third-order valence-electron chi connectivity index (χ3n) is 2.82. The molecule has 0 unspecified atom stereocenters. The number of nitriles is 1. The lowest BCUT2D eigenvalue weighted by molar-refractivity contribution is 0.417. The molecule has 0 atom stereocenters. The van der Waals surface area contributed by atoms with E-state index in [1.165, 1.54) is 6.20 Å². The molecule has 0 radical (unpaired) electrons. The molecule has 0 spiro atoms. The maximum absolute atomic E-state index is 8.84. The summed E-state index contributed by atoms with van der Waals surface area (Å²) in [5.41, 5.74) is 6.19. The summed E-state index contributed by atoms with van der Waals surface area (Å²) >= 11 is 0. The number of nitrogens with one attached hydrogen (secondary N) is 1. The zero-order chi connectivity index (χ0) is 12.0. The third-order valence-corrected chi connectivity index (χ3v) is 2.82. The molecule has 0 amide bonds. The molecule has 16 heavy (non-hydrogen) atoms. The van der Waals surface area contributed by atoms with Crippen molar-refractivity contribution >= 4 is 5.82 Å². The van der Waals surface area contributed by atoms with Crippen LogP contribution in [0.15, 0.2) is 12.4 Å². The van der Waals surface area contributed by atoms with Crippen LogP contribution in [0.25, 0.3) is 0 Å². The third kappa shape index (κ3) is 2.91. The number of anilines is 1. The first-order valence-electron chi connectivity index (χ1n) is 5.39. The SMILES string of the molecule is CCC(N)(CC)CNc1nccnc1C#N. The first-order valence-corrected chi connectivity index (χ1v) is 5.39. The zero-order valence-electron chi connectivity index (χ0n) is 9.70. The molecule has 0 aromatic carbocycles. The fourth-order valence-corrected chi connectivity index (χ4v) is 1.31. The van der Waals surface area contributed by atoms with Gasteiger partial charge >= 0.3 is 0 Å². The van der Waals surface area contributed by atoms with Crippen LogP contribution in [0.3, 0.4) is 0 Å². The highest BCUT2D eigenvalue weighted by molar-refractivity contribution is 5.46. The average molecular weight is 219 g/mol. The van der Waals surface area contributed by atoms with Crippen LogP contribution >= 0.6 is 0 Å². The molecule has 5 heteroatoms. The standard InChI is InChI=1S/C11H17N5/c1-3-11(13,4-2)8-16-10-9(7-12)14-5-6-15-10/h5-6H,3-4,8,13H2,1-2H3,(H,15,16). The van der Waals surface area contributed by atoms with E-state index in [0.717, 1.165) is 12.8 Å². The van der Waals surface area contributed by atoms with E-state index in [1.54, 1.807) is 6.20 Å². The van der Waals surface area contributed by atoms with Gasteiger partial charge in [0.15, 0.2) is 11.5 Å². The summed E-state index contributed by atoms with van der Waals surface area (Å²) < 4.78 is 0. The maximum Gasteiger partial charge on any atom is 0.182 e. The van der Waals surface area contributed by atoms with Crippen LogP contribution in [0.4, 0.5) is 5.82 Å². The van der Waals surface area contributed by atoms with Gasteiger partial charge in [-0.1, -0.05) is 13.8 Å². The predicted octanol–water partition coefficient (Wildman–Crippen LogP) is 1.28. The normalized spacial score (nSPS) is 10.9. The van der Waals surface area contributed by atoms with Crippen molar-refractivity contribution in [1.82, 2.24) is 9.97 Å². The molecule has 1 rings (SSSR count). The molecule has 1 heterocycles. The monoisotopic (exact) mass is 219 g/mol. The Morgan fingerprint density at radius 1 is 1.38 bits per heavy atom. The van der Waals surface area contributed by atoms with Crippen LogP contribution in [0.5, 0.6) is 0 Å². The Morgan fingerprint density at radius 3 is 2.56 bits per heavy atom. The fraction of sp³-hybridized carbons (Fsp3) is 0.545.